The second-order valence-electron chi connectivity index (χ2n) is 7.01. The smallest absolute Gasteiger partial charge is 0.410 e. The van der Waals surface area contributed by atoms with E-state index in [4.69, 9.17) is 4.74 Å². The average Bonchev–Trinajstić information content (AvgIpc) is 2.86. The van der Waals surface area contributed by atoms with Gasteiger partial charge in [-0.2, -0.15) is 0 Å². The van der Waals surface area contributed by atoms with Crippen LogP contribution in [0.25, 0.3) is 5.65 Å². The van der Waals surface area contributed by atoms with E-state index in [9.17, 15) is 4.79 Å². The van der Waals surface area contributed by atoms with E-state index in [1.807, 2.05) is 44.3 Å². The van der Waals surface area contributed by atoms with E-state index in [0.717, 1.165) is 28.3 Å². The molecular weight excluding hydrogens is 421 g/mol. The summed E-state index contributed by atoms with van der Waals surface area (Å²) in [5.74, 6) is 0.897. The summed E-state index contributed by atoms with van der Waals surface area (Å²) < 4.78 is 8.30. The van der Waals surface area contributed by atoms with E-state index in [-0.39, 0.29) is 12.1 Å². The number of carbonyl (C=O) groups is 1. The topological polar surface area (TPSA) is 63.0 Å². The number of carbonyl (C=O) groups excluding carboxylic acids is 1. The van der Waals surface area contributed by atoms with Crippen LogP contribution in [0.4, 0.5) is 10.6 Å². The van der Waals surface area contributed by atoms with Crippen molar-refractivity contribution in [3.63, 3.8) is 0 Å². The summed E-state index contributed by atoms with van der Waals surface area (Å²) in [4.78, 5) is 20.6. The Balaban J connectivity index is 1.72. The molecule has 24 heavy (non-hydrogen) atoms. The Morgan fingerprint density at radius 3 is 2.75 bits per heavy atom. The van der Waals surface area contributed by atoms with Gasteiger partial charge in [0.1, 0.15) is 15.1 Å². The van der Waals surface area contributed by atoms with Gasteiger partial charge in [0.25, 0.3) is 0 Å². The fraction of sp³-hybridized carbons (Fsp3) is 0.562. The highest BCUT2D eigenvalue weighted by atomic mass is 127. The molecule has 7 nitrogen and oxygen atoms in total. The maximum Gasteiger partial charge on any atom is 0.410 e. The van der Waals surface area contributed by atoms with Crippen LogP contribution in [0.3, 0.4) is 0 Å². The van der Waals surface area contributed by atoms with Gasteiger partial charge in [0.2, 0.25) is 0 Å². The number of imidazole rings is 1. The van der Waals surface area contributed by atoms with Gasteiger partial charge in [-0.1, -0.05) is 0 Å². The third kappa shape index (κ3) is 3.57. The van der Waals surface area contributed by atoms with Crippen LogP contribution in [0.1, 0.15) is 27.7 Å². The molecule has 3 rings (SSSR count). The van der Waals surface area contributed by atoms with Crippen molar-refractivity contribution in [2.45, 2.75) is 39.3 Å². The van der Waals surface area contributed by atoms with Gasteiger partial charge in [0, 0.05) is 25.7 Å². The minimum Gasteiger partial charge on any atom is -0.444 e. The molecule has 2 aromatic rings. The van der Waals surface area contributed by atoms with Crippen LogP contribution < -0.4 is 4.90 Å². The molecule has 0 spiro atoms. The largest absolute Gasteiger partial charge is 0.444 e. The summed E-state index contributed by atoms with van der Waals surface area (Å²) in [6, 6.07) is 4.01. The summed E-state index contributed by atoms with van der Waals surface area (Å²) in [5, 5.41) is 4.66. The monoisotopic (exact) mass is 443 g/mol. The number of amides is 1. The molecule has 2 aromatic heterocycles. The maximum atomic E-state index is 12.3. The number of aromatic nitrogens is 3. The zero-order chi connectivity index (χ0) is 17.5. The van der Waals surface area contributed by atoms with Gasteiger partial charge in [0.15, 0.2) is 5.65 Å². The first-order valence-electron chi connectivity index (χ1n) is 7.99. The first-order valence-corrected chi connectivity index (χ1v) is 9.07. The Morgan fingerprint density at radius 1 is 1.33 bits per heavy atom. The van der Waals surface area contributed by atoms with Gasteiger partial charge >= 0.3 is 6.09 Å². The summed E-state index contributed by atoms with van der Waals surface area (Å²) in [6.07, 6.45) is 1.55. The number of hydrogen-bond donors (Lipinski definition) is 0. The van der Waals surface area contributed by atoms with Crippen molar-refractivity contribution in [2.24, 2.45) is 0 Å². The van der Waals surface area contributed by atoms with E-state index in [2.05, 4.69) is 37.6 Å². The molecule has 130 valence electrons. The Bertz CT molecular complexity index is 754. The van der Waals surface area contributed by atoms with E-state index in [1.54, 1.807) is 11.1 Å². The van der Waals surface area contributed by atoms with Gasteiger partial charge < -0.3 is 14.5 Å². The highest BCUT2D eigenvalue weighted by Gasteiger charge is 2.31. The van der Waals surface area contributed by atoms with E-state index in [0.29, 0.717) is 6.54 Å². The highest BCUT2D eigenvalue weighted by molar-refractivity contribution is 14.1. The van der Waals surface area contributed by atoms with Crippen LogP contribution in [-0.4, -0.2) is 56.9 Å². The zero-order valence-electron chi connectivity index (χ0n) is 14.4. The van der Waals surface area contributed by atoms with E-state index in [1.165, 1.54) is 0 Å². The summed E-state index contributed by atoms with van der Waals surface area (Å²) >= 11 is 2.22. The van der Waals surface area contributed by atoms with Crippen LogP contribution in [0.15, 0.2) is 18.3 Å². The van der Waals surface area contributed by atoms with Crippen molar-refractivity contribution < 1.29 is 9.53 Å². The van der Waals surface area contributed by atoms with Gasteiger partial charge in [-0.05, 0) is 62.4 Å². The predicted octanol–water partition coefficient (Wildman–Crippen LogP) is 2.78. The van der Waals surface area contributed by atoms with Gasteiger partial charge in [0.05, 0.1) is 6.20 Å². The zero-order valence-corrected chi connectivity index (χ0v) is 16.5. The lowest BCUT2D eigenvalue weighted by molar-refractivity contribution is 0.0158. The molecular formula is C16H22IN5O2. The predicted molar refractivity (Wildman–Crippen MR) is 100 cm³/mol. The number of nitrogens with zero attached hydrogens (tertiary/aromatic N) is 5. The highest BCUT2D eigenvalue weighted by Crippen LogP contribution is 2.20. The molecule has 0 aliphatic carbocycles. The fourth-order valence-corrected chi connectivity index (χ4v) is 3.26. The molecule has 0 N–H and O–H groups in total. The molecule has 0 aromatic carbocycles. The normalized spacial score (nSPS) is 19.0. The Labute approximate surface area is 155 Å². The lowest BCUT2D eigenvalue weighted by Gasteiger charge is -2.40. The molecule has 1 aliphatic rings. The third-order valence-corrected chi connectivity index (χ3v) is 4.62. The van der Waals surface area contributed by atoms with Crippen molar-refractivity contribution in [3.8, 4) is 0 Å². The second kappa shape index (κ2) is 6.38. The second-order valence-corrected chi connectivity index (χ2v) is 8.12. The average molecular weight is 443 g/mol. The number of anilines is 1. The number of hydrogen-bond acceptors (Lipinski definition) is 5. The molecule has 1 atom stereocenters. The van der Waals surface area contributed by atoms with E-state index >= 15 is 0 Å². The SMILES string of the molecule is CC1CN(c2ccc3ncc(I)n3n2)CCN1C(=O)OC(C)(C)C. The third-order valence-electron chi connectivity index (χ3n) is 3.89. The van der Waals surface area contributed by atoms with Crippen molar-refractivity contribution in [2.75, 3.05) is 24.5 Å². The number of rotatable bonds is 1. The van der Waals surface area contributed by atoms with Gasteiger partial charge in [-0.3, -0.25) is 0 Å². The number of ether oxygens (including phenoxy) is 1. The van der Waals surface area contributed by atoms with Crippen LogP contribution in [0, 0.1) is 3.70 Å². The molecule has 1 amide bonds. The Morgan fingerprint density at radius 2 is 2.08 bits per heavy atom. The lowest BCUT2D eigenvalue weighted by Crippen LogP contribution is -2.55. The molecule has 0 saturated carbocycles. The molecule has 1 unspecified atom stereocenters. The minimum absolute atomic E-state index is 0.0629. The quantitative estimate of drug-likeness (QED) is 0.635. The van der Waals surface area contributed by atoms with Crippen LogP contribution in [-0.2, 0) is 4.74 Å². The molecule has 1 aliphatic heterocycles. The summed E-state index contributed by atoms with van der Waals surface area (Å²) in [5.41, 5.74) is 0.363. The number of piperazine rings is 1. The number of fused-ring (bicyclic) bond motifs is 1. The van der Waals surface area contributed by atoms with Crippen molar-refractivity contribution >= 4 is 40.1 Å². The van der Waals surface area contributed by atoms with Crippen molar-refractivity contribution in [1.82, 2.24) is 19.5 Å². The van der Waals surface area contributed by atoms with Crippen molar-refractivity contribution in [3.05, 3.63) is 22.0 Å². The summed E-state index contributed by atoms with van der Waals surface area (Å²) in [7, 11) is 0. The number of halogens is 1. The fourth-order valence-electron chi connectivity index (χ4n) is 2.76. The van der Waals surface area contributed by atoms with Crippen molar-refractivity contribution in [1.29, 1.82) is 0 Å². The van der Waals surface area contributed by atoms with Gasteiger partial charge in [-0.25, -0.2) is 14.3 Å². The first kappa shape index (κ1) is 17.2. The standard InChI is InChI=1S/C16H22IN5O2/c1-11-10-20(7-8-21(11)15(23)24-16(2,3)4)14-6-5-13-18-9-12(17)22(13)19-14/h5-6,9,11H,7-8,10H2,1-4H3. The summed E-state index contributed by atoms with van der Waals surface area (Å²) in [6.45, 7) is 9.77. The van der Waals surface area contributed by atoms with Crippen LogP contribution in [0.5, 0.6) is 0 Å². The lowest BCUT2D eigenvalue weighted by atomic mass is 10.2. The Hall–Kier alpha value is -1.58. The molecule has 3 heterocycles. The molecule has 8 heteroatoms. The molecule has 0 bridgehead atoms. The Kier molecular flexibility index (Phi) is 4.58. The molecule has 0 radical (unpaired) electrons. The van der Waals surface area contributed by atoms with Gasteiger partial charge in [-0.15, -0.1) is 5.10 Å². The maximum absolute atomic E-state index is 12.3. The molecule has 1 saturated heterocycles. The van der Waals surface area contributed by atoms with Crippen LogP contribution in [0.2, 0.25) is 0 Å². The minimum atomic E-state index is -0.474. The van der Waals surface area contributed by atoms with E-state index < -0.39 is 5.60 Å². The van der Waals surface area contributed by atoms with Crippen LogP contribution >= 0.6 is 22.6 Å². The first-order chi connectivity index (χ1) is 11.2. The molecule has 1 fully saturated rings.